The second kappa shape index (κ2) is 20.0. The van der Waals surface area contributed by atoms with E-state index in [4.69, 9.17) is 0 Å². The molecule has 1 aromatic carbocycles. The van der Waals surface area contributed by atoms with Crippen molar-refractivity contribution < 1.29 is 39.5 Å². The number of hydrogen-bond acceptors (Lipinski definition) is 2. The largest absolute Gasteiger partial charge is 1.00 e. The molecular weight excluding hydrogens is 355 g/mol. The maximum Gasteiger partial charge on any atom is 1.00 e. The zero-order chi connectivity index (χ0) is 19.6. The van der Waals surface area contributed by atoms with Gasteiger partial charge in [0, 0.05) is 11.9 Å². The minimum absolute atomic E-state index is 0. The molecule has 0 aromatic heterocycles. The predicted molar refractivity (Wildman–Crippen MR) is 114 cm³/mol. The van der Waals surface area contributed by atoms with Gasteiger partial charge in [0.15, 0.2) is 0 Å². The number of aliphatic carboxylic acids is 1. The molecule has 0 spiro atoms. The summed E-state index contributed by atoms with van der Waals surface area (Å²) in [6.07, 6.45) is 19.9. The van der Waals surface area contributed by atoms with Crippen molar-refractivity contribution in [3.8, 4) is 0 Å². The molecule has 0 amide bonds. The van der Waals surface area contributed by atoms with Crippen molar-refractivity contribution in [2.75, 3.05) is 0 Å². The second-order valence-corrected chi connectivity index (χ2v) is 8.09. The molecule has 1 rings (SSSR count). The van der Waals surface area contributed by atoms with Gasteiger partial charge in [0.05, 0.1) is 0 Å². The standard InChI is InChI=1S/C25H42O2.Na/c1-2-3-4-5-6-7-8-9-10-11-12-13-14-18-21-24(25(26)27)22-23-19-16-15-17-20-23;/h15-17,19-20,24H,2-14,18,21-22H2,1H3,(H,26,27);/q;+1/p-1. The van der Waals surface area contributed by atoms with Crippen LogP contribution in [0.1, 0.15) is 109 Å². The summed E-state index contributed by atoms with van der Waals surface area (Å²) in [5, 5.41) is 11.4. The fourth-order valence-electron chi connectivity index (χ4n) is 3.79. The molecule has 2 nitrogen and oxygen atoms in total. The first-order chi connectivity index (χ1) is 13.2. The summed E-state index contributed by atoms with van der Waals surface area (Å²) in [7, 11) is 0. The first-order valence-corrected chi connectivity index (χ1v) is 11.5. The molecule has 0 radical (unpaired) electrons. The molecule has 0 heterocycles. The van der Waals surface area contributed by atoms with Crippen LogP contribution in [0.5, 0.6) is 0 Å². The molecule has 154 valence electrons. The number of carbonyl (C=O) groups is 1. The Bertz CT molecular complexity index is 461. The molecular formula is C25H41NaO2. The third-order valence-corrected chi connectivity index (χ3v) is 5.56. The topological polar surface area (TPSA) is 40.1 Å². The van der Waals surface area contributed by atoms with Crippen LogP contribution in [-0.2, 0) is 11.2 Å². The number of hydrogen-bond donors (Lipinski definition) is 0. The van der Waals surface area contributed by atoms with Gasteiger partial charge in [-0.15, -0.1) is 0 Å². The normalized spacial score (nSPS) is 11.8. The van der Waals surface area contributed by atoms with Crippen LogP contribution in [0, 0.1) is 5.92 Å². The van der Waals surface area contributed by atoms with Crippen molar-refractivity contribution >= 4 is 5.97 Å². The summed E-state index contributed by atoms with van der Waals surface area (Å²) in [5.41, 5.74) is 1.09. The SMILES string of the molecule is CCCCCCCCCCCCCCCCC(Cc1ccccc1)C(=O)[O-].[Na+]. The molecule has 0 saturated carbocycles. The predicted octanol–water partition coefficient (Wildman–Crippen LogP) is 3.47. The number of rotatable bonds is 18. The second-order valence-electron chi connectivity index (χ2n) is 8.09. The Kier molecular flexibility index (Phi) is 19.8. The van der Waals surface area contributed by atoms with Crippen molar-refractivity contribution in [3.05, 3.63) is 35.9 Å². The fraction of sp³-hybridized carbons (Fsp3) is 0.720. The third kappa shape index (κ3) is 15.6. The van der Waals surface area contributed by atoms with Gasteiger partial charge < -0.3 is 9.90 Å². The minimum atomic E-state index is -0.895. The van der Waals surface area contributed by atoms with Gasteiger partial charge in [0.2, 0.25) is 0 Å². The molecule has 1 aromatic rings. The fourth-order valence-corrected chi connectivity index (χ4v) is 3.79. The Hall–Kier alpha value is -0.310. The molecule has 0 aliphatic carbocycles. The Balaban J connectivity index is 0.00000729. The molecule has 1 atom stereocenters. The van der Waals surface area contributed by atoms with Gasteiger partial charge in [-0.2, -0.15) is 0 Å². The molecule has 1 unspecified atom stereocenters. The molecule has 0 saturated heterocycles. The van der Waals surface area contributed by atoms with Crippen molar-refractivity contribution in [2.24, 2.45) is 5.92 Å². The van der Waals surface area contributed by atoms with Crippen LogP contribution in [0.25, 0.3) is 0 Å². The molecule has 0 fully saturated rings. The molecule has 3 heteroatoms. The quantitative estimate of drug-likeness (QED) is 0.282. The van der Waals surface area contributed by atoms with Crippen LogP contribution in [0.2, 0.25) is 0 Å². The summed E-state index contributed by atoms with van der Waals surface area (Å²) >= 11 is 0. The Labute approximate surface area is 196 Å². The summed E-state index contributed by atoms with van der Waals surface area (Å²) in [5.74, 6) is -1.24. The van der Waals surface area contributed by atoms with Crippen LogP contribution >= 0.6 is 0 Å². The number of benzene rings is 1. The average Bonchev–Trinajstić information content (AvgIpc) is 2.68. The average molecular weight is 397 g/mol. The number of carboxylic acids is 1. The van der Waals surface area contributed by atoms with Crippen molar-refractivity contribution in [1.29, 1.82) is 0 Å². The van der Waals surface area contributed by atoms with E-state index in [1.165, 1.54) is 77.0 Å². The maximum absolute atomic E-state index is 11.4. The van der Waals surface area contributed by atoms with Gasteiger partial charge in [0.25, 0.3) is 0 Å². The van der Waals surface area contributed by atoms with Crippen LogP contribution < -0.4 is 34.7 Å². The van der Waals surface area contributed by atoms with E-state index in [0.29, 0.717) is 6.42 Å². The summed E-state index contributed by atoms with van der Waals surface area (Å²) in [4.78, 5) is 11.4. The van der Waals surface area contributed by atoms with E-state index >= 15 is 0 Å². The van der Waals surface area contributed by atoms with Crippen molar-refractivity contribution in [2.45, 2.75) is 110 Å². The van der Waals surface area contributed by atoms with E-state index in [0.717, 1.165) is 24.8 Å². The summed E-state index contributed by atoms with van der Waals surface area (Å²) < 4.78 is 0. The maximum atomic E-state index is 11.4. The zero-order valence-electron chi connectivity index (χ0n) is 18.6. The molecule has 0 aliphatic heterocycles. The van der Waals surface area contributed by atoms with E-state index in [-0.39, 0.29) is 35.5 Å². The molecule has 0 N–H and O–H groups in total. The minimum Gasteiger partial charge on any atom is -0.550 e. The van der Waals surface area contributed by atoms with Crippen LogP contribution in [0.4, 0.5) is 0 Å². The van der Waals surface area contributed by atoms with Gasteiger partial charge in [-0.3, -0.25) is 0 Å². The van der Waals surface area contributed by atoms with E-state index in [1.807, 2.05) is 30.3 Å². The Morgan fingerprint density at radius 1 is 0.750 bits per heavy atom. The van der Waals surface area contributed by atoms with E-state index in [9.17, 15) is 9.90 Å². The van der Waals surface area contributed by atoms with Gasteiger partial charge >= 0.3 is 29.6 Å². The smallest absolute Gasteiger partial charge is 0.550 e. The number of carbonyl (C=O) groups excluding carboxylic acids is 1. The van der Waals surface area contributed by atoms with Gasteiger partial charge in [0.1, 0.15) is 0 Å². The van der Waals surface area contributed by atoms with Crippen LogP contribution in [-0.4, -0.2) is 5.97 Å². The zero-order valence-corrected chi connectivity index (χ0v) is 20.6. The van der Waals surface area contributed by atoms with E-state index in [2.05, 4.69) is 6.92 Å². The van der Waals surface area contributed by atoms with Crippen molar-refractivity contribution in [3.63, 3.8) is 0 Å². The van der Waals surface area contributed by atoms with Crippen LogP contribution in [0.15, 0.2) is 30.3 Å². The van der Waals surface area contributed by atoms with Gasteiger partial charge in [-0.25, -0.2) is 0 Å². The number of carboxylic acid groups (broad SMARTS) is 1. The number of unbranched alkanes of at least 4 members (excludes halogenated alkanes) is 13. The van der Waals surface area contributed by atoms with E-state index in [1.54, 1.807) is 0 Å². The summed E-state index contributed by atoms with van der Waals surface area (Å²) in [6, 6.07) is 9.90. The Morgan fingerprint density at radius 2 is 1.18 bits per heavy atom. The van der Waals surface area contributed by atoms with Gasteiger partial charge in [-0.05, 0) is 18.4 Å². The first kappa shape index (κ1) is 27.7. The molecule has 0 aliphatic rings. The van der Waals surface area contributed by atoms with Gasteiger partial charge in [-0.1, -0.05) is 127 Å². The third-order valence-electron chi connectivity index (χ3n) is 5.56. The monoisotopic (exact) mass is 396 g/mol. The Morgan fingerprint density at radius 3 is 1.61 bits per heavy atom. The first-order valence-electron chi connectivity index (χ1n) is 11.5. The molecule has 28 heavy (non-hydrogen) atoms. The summed E-state index contributed by atoms with van der Waals surface area (Å²) in [6.45, 7) is 2.27. The van der Waals surface area contributed by atoms with Crippen LogP contribution in [0.3, 0.4) is 0 Å². The van der Waals surface area contributed by atoms with Crippen molar-refractivity contribution in [1.82, 2.24) is 0 Å². The molecule has 0 bridgehead atoms. The van der Waals surface area contributed by atoms with E-state index < -0.39 is 5.97 Å².